The summed E-state index contributed by atoms with van der Waals surface area (Å²) >= 11 is 0. The van der Waals surface area contributed by atoms with Crippen molar-refractivity contribution in [3.05, 3.63) is 12.2 Å². The van der Waals surface area contributed by atoms with E-state index in [0.29, 0.717) is 23.7 Å². The Morgan fingerprint density at radius 1 is 0.882 bits per heavy atom. The van der Waals surface area contributed by atoms with Crippen molar-refractivity contribution in [3.8, 4) is 0 Å². The summed E-state index contributed by atoms with van der Waals surface area (Å²) in [7, 11) is 0. The normalized spacial score (nSPS) is 58.0. The van der Waals surface area contributed by atoms with Crippen LogP contribution in [0.5, 0.6) is 0 Å². The molecule has 4 saturated carbocycles. The molecule has 2 nitrogen and oxygen atoms in total. The van der Waals surface area contributed by atoms with Crippen molar-refractivity contribution in [2.45, 2.75) is 57.2 Å². The predicted octanol–water partition coefficient (Wildman–Crippen LogP) is 2.50. The number of hydrogen-bond acceptors (Lipinski definition) is 2. The molecule has 0 aromatic rings. The molecule has 0 spiro atoms. The van der Waals surface area contributed by atoms with Crippen LogP contribution in [0.2, 0.25) is 0 Å². The molecular formula is C15H24O2. The summed E-state index contributed by atoms with van der Waals surface area (Å²) in [6.07, 6.45) is 4.83. The van der Waals surface area contributed by atoms with Crippen LogP contribution in [0, 0.1) is 23.7 Å². The zero-order chi connectivity index (χ0) is 12.4. The lowest BCUT2D eigenvalue weighted by Gasteiger charge is -2.59. The third-order valence-corrected chi connectivity index (χ3v) is 6.08. The standard InChI is InChI=1S/C15H24O2/c1-9-4-10-6-13-8-12(14(10,2)16)7-11(5-9)15(13,3)17/h10-13,16-17H,1,4-8H2,2-3H3. The zero-order valence-corrected chi connectivity index (χ0v) is 10.9. The van der Waals surface area contributed by atoms with E-state index in [9.17, 15) is 10.2 Å². The summed E-state index contributed by atoms with van der Waals surface area (Å²) in [5, 5.41) is 21.5. The molecule has 4 aliphatic rings. The Bertz CT molecular complexity index is 324. The number of allylic oxidation sites excluding steroid dienone is 1. The maximum Gasteiger partial charge on any atom is 0.0679 e. The lowest BCUT2D eigenvalue weighted by Crippen LogP contribution is -2.60. The molecule has 17 heavy (non-hydrogen) atoms. The summed E-state index contributed by atoms with van der Waals surface area (Å²) in [5.41, 5.74) is 0.128. The van der Waals surface area contributed by atoms with Gasteiger partial charge in [-0.15, -0.1) is 0 Å². The van der Waals surface area contributed by atoms with Crippen LogP contribution in [-0.4, -0.2) is 21.4 Å². The Morgan fingerprint density at radius 3 is 1.65 bits per heavy atom. The molecule has 6 unspecified atom stereocenters. The van der Waals surface area contributed by atoms with Gasteiger partial charge in [0.15, 0.2) is 0 Å². The molecule has 0 saturated heterocycles. The highest BCUT2D eigenvalue weighted by molar-refractivity contribution is 5.15. The lowest BCUT2D eigenvalue weighted by molar-refractivity contribution is -0.193. The molecule has 2 N–H and O–H groups in total. The zero-order valence-electron chi connectivity index (χ0n) is 10.9. The van der Waals surface area contributed by atoms with E-state index in [0.717, 1.165) is 32.1 Å². The van der Waals surface area contributed by atoms with Crippen molar-refractivity contribution < 1.29 is 10.2 Å². The predicted molar refractivity (Wildman–Crippen MR) is 67.4 cm³/mol. The van der Waals surface area contributed by atoms with Crippen LogP contribution < -0.4 is 0 Å². The maximum atomic E-state index is 10.8. The van der Waals surface area contributed by atoms with Gasteiger partial charge in [-0.25, -0.2) is 0 Å². The molecule has 2 heteroatoms. The minimum Gasteiger partial charge on any atom is -0.390 e. The minimum atomic E-state index is -0.547. The second kappa shape index (κ2) is 3.36. The van der Waals surface area contributed by atoms with Crippen LogP contribution in [0.4, 0.5) is 0 Å². The van der Waals surface area contributed by atoms with Gasteiger partial charge in [0.25, 0.3) is 0 Å². The second-order valence-electron chi connectivity index (χ2n) is 7.10. The van der Waals surface area contributed by atoms with Gasteiger partial charge in [-0.3, -0.25) is 0 Å². The maximum absolute atomic E-state index is 10.8. The van der Waals surface area contributed by atoms with Crippen LogP contribution in [0.1, 0.15) is 46.0 Å². The Hall–Kier alpha value is -0.340. The van der Waals surface area contributed by atoms with Crippen molar-refractivity contribution in [3.63, 3.8) is 0 Å². The fraction of sp³-hybridized carbons (Fsp3) is 0.867. The fourth-order valence-corrected chi connectivity index (χ4v) is 4.68. The fourth-order valence-electron chi connectivity index (χ4n) is 4.68. The van der Waals surface area contributed by atoms with Gasteiger partial charge in [-0.2, -0.15) is 0 Å². The van der Waals surface area contributed by atoms with Crippen molar-refractivity contribution in [2.75, 3.05) is 0 Å². The van der Waals surface area contributed by atoms with E-state index in [1.165, 1.54) is 5.57 Å². The van der Waals surface area contributed by atoms with Gasteiger partial charge in [-0.1, -0.05) is 12.2 Å². The van der Waals surface area contributed by atoms with E-state index in [1.54, 1.807) is 0 Å². The van der Waals surface area contributed by atoms with Gasteiger partial charge < -0.3 is 10.2 Å². The van der Waals surface area contributed by atoms with Crippen molar-refractivity contribution in [1.29, 1.82) is 0 Å². The first kappa shape index (κ1) is 11.7. The summed E-state index contributed by atoms with van der Waals surface area (Å²) in [5.74, 6) is 1.35. The van der Waals surface area contributed by atoms with E-state index in [1.807, 2.05) is 13.8 Å². The minimum absolute atomic E-state index is 0.298. The van der Waals surface area contributed by atoms with Gasteiger partial charge >= 0.3 is 0 Å². The summed E-state index contributed by atoms with van der Waals surface area (Å²) in [4.78, 5) is 0. The van der Waals surface area contributed by atoms with Gasteiger partial charge in [0, 0.05) is 0 Å². The first-order valence-corrected chi connectivity index (χ1v) is 6.93. The highest BCUT2D eigenvalue weighted by Crippen LogP contribution is 2.58. The molecule has 0 aliphatic heterocycles. The van der Waals surface area contributed by atoms with Gasteiger partial charge in [-0.05, 0) is 69.6 Å². The quantitative estimate of drug-likeness (QED) is 0.634. The largest absolute Gasteiger partial charge is 0.390 e. The molecule has 0 radical (unpaired) electrons. The van der Waals surface area contributed by atoms with Crippen LogP contribution in [0.15, 0.2) is 12.2 Å². The molecular weight excluding hydrogens is 212 g/mol. The molecule has 0 aromatic carbocycles. The van der Waals surface area contributed by atoms with Crippen LogP contribution in [0.3, 0.4) is 0 Å². The lowest BCUT2D eigenvalue weighted by atomic mass is 9.50. The number of rotatable bonds is 0. The van der Waals surface area contributed by atoms with Gasteiger partial charge in [0.1, 0.15) is 0 Å². The SMILES string of the molecule is C=C1CC2CC3CC(CC(C1)C3(C)O)C2(C)O. The van der Waals surface area contributed by atoms with E-state index in [2.05, 4.69) is 6.58 Å². The van der Waals surface area contributed by atoms with E-state index in [-0.39, 0.29) is 0 Å². The number of aliphatic hydroxyl groups is 2. The monoisotopic (exact) mass is 236 g/mol. The Balaban J connectivity index is 2.03. The summed E-state index contributed by atoms with van der Waals surface area (Å²) in [6.45, 7) is 8.16. The van der Waals surface area contributed by atoms with Crippen LogP contribution in [-0.2, 0) is 0 Å². The van der Waals surface area contributed by atoms with Crippen LogP contribution in [0.25, 0.3) is 0 Å². The molecule has 4 bridgehead atoms. The first-order valence-electron chi connectivity index (χ1n) is 6.93. The Morgan fingerprint density at radius 2 is 1.24 bits per heavy atom. The molecule has 6 atom stereocenters. The Kier molecular flexibility index (Phi) is 2.32. The topological polar surface area (TPSA) is 40.5 Å². The van der Waals surface area contributed by atoms with Crippen molar-refractivity contribution in [2.24, 2.45) is 23.7 Å². The number of hydrogen-bond donors (Lipinski definition) is 2. The third-order valence-electron chi connectivity index (χ3n) is 6.08. The van der Waals surface area contributed by atoms with Gasteiger partial charge in [0.05, 0.1) is 11.2 Å². The Labute approximate surface area is 104 Å². The number of fused-ring (bicyclic) bond motifs is 2. The molecule has 0 aromatic heterocycles. The molecule has 4 rings (SSSR count). The second-order valence-corrected chi connectivity index (χ2v) is 7.10. The smallest absolute Gasteiger partial charge is 0.0679 e. The average Bonchev–Trinajstić information content (AvgIpc) is 2.21. The van der Waals surface area contributed by atoms with Crippen molar-refractivity contribution in [1.82, 2.24) is 0 Å². The highest BCUT2D eigenvalue weighted by Gasteiger charge is 2.57. The van der Waals surface area contributed by atoms with Gasteiger partial charge in [0.2, 0.25) is 0 Å². The average molecular weight is 236 g/mol. The molecule has 0 amide bonds. The third kappa shape index (κ3) is 1.53. The molecule has 96 valence electrons. The molecule has 4 fully saturated rings. The van der Waals surface area contributed by atoms with E-state index >= 15 is 0 Å². The molecule has 0 heterocycles. The highest BCUT2D eigenvalue weighted by atomic mass is 16.3. The van der Waals surface area contributed by atoms with E-state index < -0.39 is 11.2 Å². The first-order chi connectivity index (χ1) is 7.81. The summed E-state index contributed by atoms with van der Waals surface area (Å²) < 4.78 is 0. The van der Waals surface area contributed by atoms with Crippen molar-refractivity contribution >= 4 is 0 Å². The van der Waals surface area contributed by atoms with E-state index in [4.69, 9.17) is 0 Å². The summed E-state index contributed by atoms with van der Waals surface area (Å²) in [6, 6.07) is 0. The molecule has 4 aliphatic carbocycles. The van der Waals surface area contributed by atoms with Crippen LogP contribution >= 0.6 is 0 Å².